The molecule has 0 aromatic heterocycles. The molecule has 0 spiro atoms. The van der Waals surface area contributed by atoms with E-state index < -0.39 is 5.97 Å². The normalized spacial score (nSPS) is 18.3. The van der Waals surface area contributed by atoms with Crippen LogP contribution in [0.4, 0.5) is 0 Å². The van der Waals surface area contributed by atoms with Gasteiger partial charge in [0.2, 0.25) is 0 Å². The van der Waals surface area contributed by atoms with Crippen LogP contribution in [0.2, 0.25) is 0 Å². The van der Waals surface area contributed by atoms with Gasteiger partial charge in [-0.2, -0.15) is 0 Å². The van der Waals surface area contributed by atoms with E-state index in [0.717, 1.165) is 12.5 Å². The minimum Gasteiger partial charge on any atom is -0.481 e. The van der Waals surface area contributed by atoms with Crippen molar-refractivity contribution in [2.24, 2.45) is 5.92 Å². The maximum atomic E-state index is 10.7. The van der Waals surface area contributed by atoms with Gasteiger partial charge >= 0.3 is 5.97 Å². The lowest BCUT2D eigenvalue weighted by Crippen LogP contribution is -2.46. The standard InChI is InChI=1S/C11H21NO2/c1-11(2,7-10(13)14)12(3)8-9-5-4-6-9/h9H,4-8H2,1-3H3,(H,13,14). The van der Waals surface area contributed by atoms with Gasteiger partial charge in [-0.25, -0.2) is 0 Å². The summed E-state index contributed by atoms with van der Waals surface area (Å²) in [4.78, 5) is 12.8. The van der Waals surface area contributed by atoms with Crippen LogP contribution in [0.25, 0.3) is 0 Å². The second-order valence-electron chi connectivity index (χ2n) is 5.06. The molecule has 0 radical (unpaired) electrons. The summed E-state index contributed by atoms with van der Waals surface area (Å²) in [6.07, 6.45) is 4.19. The Bertz CT molecular complexity index is 209. The van der Waals surface area contributed by atoms with E-state index in [-0.39, 0.29) is 12.0 Å². The lowest BCUT2D eigenvalue weighted by molar-refractivity contribution is -0.139. The van der Waals surface area contributed by atoms with Gasteiger partial charge in [0, 0.05) is 12.1 Å². The summed E-state index contributed by atoms with van der Waals surface area (Å²) < 4.78 is 0. The van der Waals surface area contributed by atoms with Crippen molar-refractivity contribution in [2.45, 2.75) is 45.1 Å². The molecular formula is C11H21NO2. The SMILES string of the molecule is CN(CC1CCC1)C(C)(C)CC(=O)O. The first kappa shape index (κ1) is 11.5. The Morgan fingerprint density at radius 2 is 2.07 bits per heavy atom. The van der Waals surface area contributed by atoms with E-state index in [2.05, 4.69) is 4.90 Å². The molecule has 82 valence electrons. The summed E-state index contributed by atoms with van der Waals surface area (Å²) in [7, 11) is 2.03. The van der Waals surface area contributed by atoms with Gasteiger partial charge < -0.3 is 10.0 Å². The van der Waals surface area contributed by atoms with Gasteiger partial charge in [-0.3, -0.25) is 4.79 Å². The number of carboxylic acid groups (broad SMARTS) is 1. The van der Waals surface area contributed by atoms with E-state index in [4.69, 9.17) is 5.11 Å². The van der Waals surface area contributed by atoms with Crippen LogP contribution in [0.15, 0.2) is 0 Å². The molecule has 14 heavy (non-hydrogen) atoms. The molecule has 3 nitrogen and oxygen atoms in total. The third-order valence-electron chi connectivity index (χ3n) is 3.37. The second-order valence-corrected chi connectivity index (χ2v) is 5.06. The zero-order valence-electron chi connectivity index (χ0n) is 9.42. The Morgan fingerprint density at radius 1 is 1.50 bits per heavy atom. The Morgan fingerprint density at radius 3 is 2.43 bits per heavy atom. The first-order valence-corrected chi connectivity index (χ1v) is 5.35. The molecule has 0 amide bonds. The predicted octanol–water partition coefficient (Wildman–Crippen LogP) is 1.97. The monoisotopic (exact) mass is 199 g/mol. The molecule has 0 heterocycles. The van der Waals surface area contributed by atoms with Crippen molar-refractivity contribution in [3.8, 4) is 0 Å². The number of aliphatic carboxylic acids is 1. The van der Waals surface area contributed by atoms with Crippen LogP contribution in [-0.4, -0.2) is 35.1 Å². The molecule has 0 unspecified atom stereocenters. The average Bonchev–Trinajstić information content (AvgIpc) is 1.93. The summed E-state index contributed by atoms with van der Waals surface area (Å²) in [6, 6.07) is 0. The van der Waals surface area contributed by atoms with E-state index in [1.54, 1.807) is 0 Å². The molecule has 1 aliphatic rings. The summed E-state index contributed by atoms with van der Waals surface area (Å²) in [6.45, 7) is 5.04. The molecule has 1 N–H and O–H groups in total. The van der Waals surface area contributed by atoms with Gasteiger partial charge in [-0.15, -0.1) is 0 Å². The highest BCUT2D eigenvalue weighted by atomic mass is 16.4. The first-order valence-electron chi connectivity index (χ1n) is 5.35. The Hall–Kier alpha value is -0.570. The van der Waals surface area contributed by atoms with E-state index in [1.165, 1.54) is 19.3 Å². The van der Waals surface area contributed by atoms with Crippen molar-refractivity contribution in [3.63, 3.8) is 0 Å². The molecule has 1 saturated carbocycles. The molecule has 0 saturated heterocycles. The summed E-state index contributed by atoms with van der Waals surface area (Å²) in [5.74, 6) is 0.0866. The first-order chi connectivity index (χ1) is 6.42. The fourth-order valence-electron chi connectivity index (χ4n) is 1.81. The summed E-state index contributed by atoms with van der Waals surface area (Å²) >= 11 is 0. The fourth-order valence-corrected chi connectivity index (χ4v) is 1.81. The van der Waals surface area contributed by atoms with Gasteiger partial charge in [-0.05, 0) is 39.7 Å². The predicted molar refractivity (Wildman–Crippen MR) is 56.3 cm³/mol. The van der Waals surface area contributed by atoms with Crippen LogP contribution < -0.4 is 0 Å². The maximum Gasteiger partial charge on any atom is 0.305 e. The molecule has 1 aliphatic carbocycles. The Kier molecular flexibility index (Phi) is 3.53. The lowest BCUT2D eigenvalue weighted by atomic mass is 9.84. The topological polar surface area (TPSA) is 40.5 Å². The van der Waals surface area contributed by atoms with Crippen molar-refractivity contribution in [1.82, 2.24) is 4.90 Å². The largest absolute Gasteiger partial charge is 0.481 e. The zero-order valence-corrected chi connectivity index (χ0v) is 9.42. The quantitative estimate of drug-likeness (QED) is 0.736. The van der Waals surface area contributed by atoms with E-state index in [0.29, 0.717) is 0 Å². The number of hydrogen-bond acceptors (Lipinski definition) is 2. The summed E-state index contributed by atoms with van der Waals surface area (Å²) in [5.41, 5.74) is -0.221. The molecule has 3 heteroatoms. The van der Waals surface area contributed by atoms with Gasteiger partial charge in [0.05, 0.1) is 6.42 Å². The lowest BCUT2D eigenvalue weighted by Gasteiger charge is -2.39. The molecule has 0 aromatic carbocycles. The fraction of sp³-hybridized carbons (Fsp3) is 0.909. The Balaban J connectivity index is 2.39. The molecule has 1 fully saturated rings. The van der Waals surface area contributed by atoms with Crippen LogP contribution in [0, 0.1) is 5.92 Å². The third-order valence-corrected chi connectivity index (χ3v) is 3.37. The average molecular weight is 199 g/mol. The van der Waals surface area contributed by atoms with Crippen molar-refractivity contribution >= 4 is 5.97 Å². The molecule has 0 aromatic rings. The number of hydrogen-bond donors (Lipinski definition) is 1. The van der Waals surface area contributed by atoms with Crippen LogP contribution in [0.5, 0.6) is 0 Å². The molecule has 0 atom stereocenters. The van der Waals surface area contributed by atoms with Crippen LogP contribution in [0.3, 0.4) is 0 Å². The van der Waals surface area contributed by atoms with Crippen molar-refractivity contribution in [3.05, 3.63) is 0 Å². The van der Waals surface area contributed by atoms with Gasteiger partial charge in [0.1, 0.15) is 0 Å². The molecule has 0 bridgehead atoms. The molecule has 0 aliphatic heterocycles. The van der Waals surface area contributed by atoms with Crippen LogP contribution in [-0.2, 0) is 4.79 Å². The minimum absolute atomic E-state index is 0.218. The summed E-state index contributed by atoms with van der Waals surface area (Å²) in [5, 5.41) is 8.78. The number of carboxylic acids is 1. The number of rotatable bonds is 5. The zero-order chi connectivity index (χ0) is 10.8. The molecular weight excluding hydrogens is 178 g/mol. The highest BCUT2D eigenvalue weighted by Crippen LogP contribution is 2.29. The van der Waals surface area contributed by atoms with Crippen LogP contribution in [0.1, 0.15) is 39.5 Å². The highest BCUT2D eigenvalue weighted by molar-refractivity contribution is 5.68. The number of carbonyl (C=O) groups is 1. The maximum absolute atomic E-state index is 10.7. The van der Waals surface area contributed by atoms with Crippen LogP contribution >= 0.6 is 0 Å². The van der Waals surface area contributed by atoms with Gasteiger partial charge in [-0.1, -0.05) is 6.42 Å². The molecule has 1 rings (SSSR count). The smallest absolute Gasteiger partial charge is 0.305 e. The van der Waals surface area contributed by atoms with Crippen molar-refractivity contribution in [1.29, 1.82) is 0 Å². The second kappa shape index (κ2) is 4.30. The third kappa shape index (κ3) is 2.98. The minimum atomic E-state index is -0.713. The number of nitrogens with zero attached hydrogens (tertiary/aromatic N) is 1. The van der Waals surface area contributed by atoms with Crippen molar-refractivity contribution < 1.29 is 9.90 Å². The highest BCUT2D eigenvalue weighted by Gasteiger charge is 2.29. The van der Waals surface area contributed by atoms with Crippen molar-refractivity contribution in [2.75, 3.05) is 13.6 Å². The van der Waals surface area contributed by atoms with Gasteiger partial charge in [0.15, 0.2) is 0 Å². The van der Waals surface area contributed by atoms with Gasteiger partial charge in [0.25, 0.3) is 0 Å². The van der Waals surface area contributed by atoms with E-state index in [1.807, 2.05) is 20.9 Å². The Labute approximate surface area is 86.1 Å². The van der Waals surface area contributed by atoms with E-state index in [9.17, 15) is 4.79 Å². The van der Waals surface area contributed by atoms with E-state index >= 15 is 0 Å².